The van der Waals surface area contributed by atoms with Crippen LogP contribution in [0.4, 0.5) is 4.39 Å². The highest BCUT2D eigenvalue weighted by Gasteiger charge is 2.44. The molecule has 0 saturated heterocycles. The monoisotopic (exact) mass is 282 g/mol. The molecule has 0 amide bonds. The fraction of sp³-hybridized carbons (Fsp3) is 0.562. The first kappa shape index (κ1) is 16.6. The predicted molar refractivity (Wildman–Crippen MR) is 75.5 cm³/mol. The van der Waals surface area contributed by atoms with Gasteiger partial charge in [-0.05, 0) is 37.0 Å². The number of aliphatic hydroxyl groups is 1. The molecule has 0 fully saturated rings. The zero-order chi connectivity index (χ0) is 15.3. The molecule has 0 heterocycles. The van der Waals surface area contributed by atoms with Gasteiger partial charge in [0, 0.05) is 0 Å². The molecule has 112 valence electrons. The second-order valence-corrected chi connectivity index (χ2v) is 5.26. The number of hydrogen-bond donors (Lipinski definition) is 1. The molecule has 0 aliphatic carbocycles. The normalized spacial score (nSPS) is 15.8. The molecule has 2 atom stereocenters. The lowest BCUT2D eigenvalue weighted by Gasteiger charge is -2.36. The van der Waals surface area contributed by atoms with E-state index in [0.717, 1.165) is 0 Å². The minimum atomic E-state index is -1.35. The van der Waals surface area contributed by atoms with Crippen LogP contribution >= 0.6 is 0 Å². The van der Waals surface area contributed by atoms with Crippen LogP contribution in [-0.4, -0.2) is 17.7 Å². The molecule has 4 heteroatoms. The fourth-order valence-corrected chi connectivity index (χ4v) is 2.59. The van der Waals surface area contributed by atoms with Crippen LogP contribution in [0, 0.1) is 17.7 Å². The summed E-state index contributed by atoms with van der Waals surface area (Å²) in [7, 11) is 0. The molecule has 2 unspecified atom stereocenters. The maximum absolute atomic E-state index is 13.0. The van der Waals surface area contributed by atoms with Gasteiger partial charge in [-0.15, -0.1) is 0 Å². The summed E-state index contributed by atoms with van der Waals surface area (Å²) in [6.07, 6.45) is 0.348. The smallest absolute Gasteiger partial charge is 0.312 e. The van der Waals surface area contributed by atoms with Gasteiger partial charge in [-0.2, -0.15) is 0 Å². The van der Waals surface area contributed by atoms with Crippen LogP contribution in [-0.2, 0) is 15.1 Å². The van der Waals surface area contributed by atoms with E-state index in [2.05, 4.69) is 0 Å². The summed E-state index contributed by atoms with van der Waals surface area (Å²) in [5.41, 5.74) is -0.818. The van der Waals surface area contributed by atoms with Crippen LogP contribution in [0.1, 0.15) is 39.7 Å². The number of esters is 1. The van der Waals surface area contributed by atoms with Crippen LogP contribution in [0.5, 0.6) is 0 Å². The summed E-state index contributed by atoms with van der Waals surface area (Å²) < 4.78 is 18.1. The van der Waals surface area contributed by atoms with Crippen LogP contribution in [0.15, 0.2) is 24.3 Å². The van der Waals surface area contributed by atoms with E-state index in [1.165, 1.54) is 24.3 Å². The van der Waals surface area contributed by atoms with Crippen molar-refractivity contribution in [3.05, 3.63) is 35.6 Å². The summed E-state index contributed by atoms with van der Waals surface area (Å²) in [6.45, 7) is 7.54. The van der Waals surface area contributed by atoms with Gasteiger partial charge in [0.25, 0.3) is 0 Å². The Balaban J connectivity index is 3.23. The van der Waals surface area contributed by atoms with Crippen molar-refractivity contribution in [3.8, 4) is 0 Å². The third-order valence-corrected chi connectivity index (χ3v) is 3.60. The molecule has 20 heavy (non-hydrogen) atoms. The van der Waals surface area contributed by atoms with E-state index in [4.69, 9.17) is 4.74 Å². The van der Waals surface area contributed by atoms with Gasteiger partial charge in [-0.25, -0.2) is 4.39 Å². The molecule has 0 radical (unpaired) electrons. The van der Waals surface area contributed by atoms with Crippen LogP contribution < -0.4 is 0 Å². The Labute approximate surface area is 119 Å². The minimum absolute atomic E-state index is 0.0935. The molecule has 0 aromatic heterocycles. The average molecular weight is 282 g/mol. The van der Waals surface area contributed by atoms with Gasteiger partial charge in [0.15, 0.2) is 0 Å². The zero-order valence-corrected chi connectivity index (χ0v) is 12.5. The second-order valence-electron chi connectivity index (χ2n) is 5.26. The van der Waals surface area contributed by atoms with Gasteiger partial charge in [-0.3, -0.25) is 4.79 Å². The number of benzene rings is 1. The third-order valence-electron chi connectivity index (χ3n) is 3.60. The number of carbonyl (C=O) groups excluding carboxylic acids is 1. The third kappa shape index (κ3) is 3.37. The van der Waals surface area contributed by atoms with Gasteiger partial charge in [0.05, 0.1) is 12.5 Å². The van der Waals surface area contributed by atoms with Crippen LogP contribution in [0.2, 0.25) is 0 Å². The van der Waals surface area contributed by atoms with Crippen molar-refractivity contribution in [3.63, 3.8) is 0 Å². The molecular weight excluding hydrogens is 259 g/mol. The lowest BCUT2D eigenvalue weighted by Crippen LogP contribution is -2.43. The molecule has 1 aromatic carbocycles. The van der Waals surface area contributed by atoms with Crippen LogP contribution in [0.3, 0.4) is 0 Å². The molecule has 0 aliphatic heterocycles. The Morgan fingerprint density at radius 1 is 1.30 bits per heavy atom. The number of ether oxygens (including phenoxy) is 1. The van der Waals surface area contributed by atoms with Crippen molar-refractivity contribution in [2.75, 3.05) is 6.61 Å². The molecule has 0 spiro atoms. The van der Waals surface area contributed by atoms with Crippen LogP contribution in [0.25, 0.3) is 0 Å². The first-order valence-electron chi connectivity index (χ1n) is 7.01. The molecular formula is C16H23FO3. The first-order valence-corrected chi connectivity index (χ1v) is 7.01. The van der Waals surface area contributed by atoms with E-state index in [-0.39, 0.29) is 18.3 Å². The molecule has 0 aliphatic rings. The zero-order valence-electron chi connectivity index (χ0n) is 12.5. The second kappa shape index (κ2) is 6.84. The van der Waals surface area contributed by atoms with Crippen molar-refractivity contribution in [2.24, 2.45) is 11.8 Å². The SMILES string of the molecule is CCOC(=O)C(C(C)C)C(O)(CC)c1ccc(F)cc1. The van der Waals surface area contributed by atoms with Gasteiger partial charge in [-0.1, -0.05) is 32.9 Å². The van der Waals surface area contributed by atoms with Gasteiger partial charge in [0.2, 0.25) is 0 Å². The van der Waals surface area contributed by atoms with Gasteiger partial charge >= 0.3 is 5.97 Å². The lowest BCUT2D eigenvalue weighted by molar-refractivity contribution is -0.163. The minimum Gasteiger partial charge on any atom is -0.466 e. The highest BCUT2D eigenvalue weighted by Crippen LogP contribution is 2.38. The van der Waals surface area contributed by atoms with E-state index < -0.39 is 17.5 Å². The topological polar surface area (TPSA) is 46.5 Å². The first-order chi connectivity index (χ1) is 9.36. The van der Waals surface area contributed by atoms with Crippen molar-refractivity contribution in [2.45, 2.75) is 39.7 Å². The molecule has 1 rings (SSSR count). The molecule has 0 bridgehead atoms. The van der Waals surface area contributed by atoms with E-state index in [9.17, 15) is 14.3 Å². The highest BCUT2D eigenvalue weighted by molar-refractivity contribution is 5.74. The maximum atomic E-state index is 13.0. The summed E-state index contributed by atoms with van der Waals surface area (Å²) in [4.78, 5) is 12.2. The van der Waals surface area contributed by atoms with Gasteiger partial charge in [0.1, 0.15) is 11.4 Å². The Hall–Kier alpha value is -1.42. The summed E-state index contributed by atoms with van der Waals surface area (Å²) >= 11 is 0. The molecule has 1 aromatic rings. The van der Waals surface area contributed by atoms with E-state index >= 15 is 0 Å². The Kier molecular flexibility index (Phi) is 5.69. The highest BCUT2D eigenvalue weighted by atomic mass is 19.1. The number of hydrogen-bond acceptors (Lipinski definition) is 3. The standard InChI is InChI=1S/C16H23FO3/c1-5-16(19,12-7-9-13(17)10-8-12)14(11(3)4)15(18)20-6-2/h7-11,14,19H,5-6H2,1-4H3. The Morgan fingerprint density at radius 2 is 1.85 bits per heavy atom. The average Bonchev–Trinajstić information content (AvgIpc) is 2.39. The Morgan fingerprint density at radius 3 is 2.25 bits per heavy atom. The lowest BCUT2D eigenvalue weighted by atomic mass is 9.73. The summed E-state index contributed by atoms with van der Waals surface area (Å²) in [6, 6.07) is 5.62. The van der Waals surface area contributed by atoms with Crippen molar-refractivity contribution >= 4 is 5.97 Å². The van der Waals surface area contributed by atoms with E-state index in [0.29, 0.717) is 12.0 Å². The largest absolute Gasteiger partial charge is 0.466 e. The molecule has 0 saturated carbocycles. The van der Waals surface area contributed by atoms with E-state index in [1.807, 2.05) is 13.8 Å². The maximum Gasteiger partial charge on any atom is 0.312 e. The van der Waals surface area contributed by atoms with Crippen molar-refractivity contribution < 1.29 is 19.0 Å². The quantitative estimate of drug-likeness (QED) is 0.815. The predicted octanol–water partition coefficient (Wildman–Crippen LogP) is 3.26. The summed E-state index contributed by atoms with van der Waals surface area (Å²) in [5, 5.41) is 11.0. The van der Waals surface area contributed by atoms with E-state index in [1.54, 1.807) is 13.8 Å². The fourth-order valence-electron chi connectivity index (χ4n) is 2.59. The van der Waals surface area contributed by atoms with Crippen molar-refractivity contribution in [1.82, 2.24) is 0 Å². The molecule has 3 nitrogen and oxygen atoms in total. The number of rotatable bonds is 6. The number of halogens is 1. The molecule has 1 N–H and O–H groups in total. The Bertz CT molecular complexity index is 442. The summed E-state index contributed by atoms with van der Waals surface area (Å²) in [5.74, 6) is -1.57. The van der Waals surface area contributed by atoms with Gasteiger partial charge < -0.3 is 9.84 Å². The number of carbonyl (C=O) groups is 1. The van der Waals surface area contributed by atoms with Crippen molar-refractivity contribution in [1.29, 1.82) is 0 Å².